The molecule has 2 aliphatic rings. The van der Waals surface area contributed by atoms with Gasteiger partial charge < -0.3 is 10.1 Å². The third kappa shape index (κ3) is 4.42. The minimum absolute atomic E-state index is 0.000558. The lowest BCUT2D eigenvalue weighted by Crippen LogP contribution is -2.43. The zero-order valence-corrected chi connectivity index (χ0v) is 16.0. The van der Waals surface area contributed by atoms with Gasteiger partial charge in [0.2, 0.25) is 5.91 Å². The van der Waals surface area contributed by atoms with Crippen LogP contribution in [-0.4, -0.2) is 52.9 Å². The SMILES string of the molecule is CCOCC(=O)N[C@H]1CN(Cc2cnn(C)c2C2CC2)C[C@@H]1C(C)C. The van der Waals surface area contributed by atoms with Crippen molar-refractivity contribution >= 4 is 5.91 Å². The Morgan fingerprint density at radius 2 is 2.16 bits per heavy atom. The molecule has 2 fully saturated rings. The van der Waals surface area contributed by atoms with Crippen LogP contribution in [-0.2, 0) is 23.1 Å². The van der Waals surface area contributed by atoms with Crippen LogP contribution >= 0.6 is 0 Å². The summed E-state index contributed by atoms with van der Waals surface area (Å²) in [6.07, 6.45) is 4.60. The molecule has 0 bridgehead atoms. The van der Waals surface area contributed by atoms with Gasteiger partial charge in [-0.1, -0.05) is 13.8 Å². The summed E-state index contributed by atoms with van der Waals surface area (Å²) < 4.78 is 7.28. The number of hydrogen-bond donors (Lipinski definition) is 1. The summed E-state index contributed by atoms with van der Waals surface area (Å²) in [5.74, 6) is 1.72. The Morgan fingerprint density at radius 1 is 1.40 bits per heavy atom. The van der Waals surface area contributed by atoms with Gasteiger partial charge in [0.05, 0.1) is 6.20 Å². The van der Waals surface area contributed by atoms with Crippen LogP contribution in [0.2, 0.25) is 0 Å². The molecule has 3 rings (SSSR count). The van der Waals surface area contributed by atoms with E-state index in [0.29, 0.717) is 24.4 Å². The molecule has 1 amide bonds. The lowest BCUT2D eigenvalue weighted by Gasteiger charge is -2.22. The number of nitrogens with zero attached hydrogens (tertiary/aromatic N) is 3. The molecule has 0 unspecified atom stereocenters. The maximum absolute atomic E-state index is 12.1. The van der Waals surface area contributed by atoms with Crippen molar-refractivity contribution in [1.82, 2.24) is 20.0 Å². The number of aromatic nitrogens is 2. The standard InChI is InChI=1S/C19H32N4O2/c1-5-25-12-18(24)21-17-11-23(10-16(17)13(2)3)9-15-8-20-22(4)19(15)14-6-7-14/h8,13-14,16-17H,5-7,9-12H2,1-4H3,(H,21,24)/t16-,17+/m1/s1. The first-order chi connectivity index (χ1) is 12.0. The molecule has 1 aliphatic heterocycles. The van der Waals surface area contributed by atoms with Crippen LogP contribution in [0.3, 0.4) is 0 Å². The highest BCUT2D eigenvalue weighted by Crippen LogP contribution is 2.41. The highest BCUT2D eigenvalue weighted by Gasteiger charge is 2.37. The van der Waals surface area contributed by atoms with Gasteiger partial charge in [-0.25, -0.2) is 0 Å². The van der Waals surface area contributed by atoms with Crippen molar-refractivity contribution in [3.63, 3.8) is 0 Å². The second-order valence-corrected chi connectivity index (χ2v) is 7.87. The van der Waals surface area contributed by atoms with E-state index in [0.717, 1.165) is 19.6 Å². The first-order valence-electron chi connectivity index (χ1n) is 9.59. The first-order valence-corrected chi connectivity index (χ1v) is 9.59. The highest BCUT2D eigenvalue weighted by molar-refractivity contribution is 5.77. The van der Waals surface area contributed by atoms with Crippen molar-refractivity contribution < 1.29 is 9.53 Å². The fourth-order valence-corrected chi connectivity index (χ4v) is 4.05. The second kappa shape index (κ2) is 7.87. The number of nitrogens with one attached hydrogen (secondary N) is 1. The molecular weight excluding hydrogens is 316 g/mol. The van der Waals surface area contributed by atoms with Crippen molar-refractivity contribution in [2.45, 2.75) is 52.1 Å². The molecule has 1 saturated carbocycles. The van der Waals surface area contributed by atoms with Crippen molar-refractivity contribution in [2.75, 3.05) is 26.3 Å². The quantitative estimate of drug-likeness (QED) is 0.780. The molecule has 1 saturated heterocycles. The molecule has 25 heavy (non-hydrogen) atoms. The van der Waals surface area contributed by atoms with E-state index >= 15 is 0 Å². The van der Waals surface area contributed by atoms with Gasteiger partial charge in [-0.15, -0.1) is 0 Å². The Labute approximate surface area is 150 Å². The molecule has 0 aromatic carbocycles. The third-order valence-corrected chi connectivity index (χ3v) is 5.50. The van der Waals surface area contributed by atoms with Crippen molar-refractivity contribution in [1.29, 1.82) is 0 Å². The second-order valence-electron chi connectivity index (χ2n) is 7.87. The Hall–Kier alpha value is -1.40. The van der Waals surface area contributed by atoms with E-state index in [9.17, 15) is 4.79 Å². The molecule has 1 aromatic heterocycles. The summed E-state index contributed by atoms with van der Waals surface area (Å²) in [6.45, 7) is 9.99. The third-order valence-electron chi connectivity index (χ3n) is 5.50. The van der Waals surface area contributed by atoms with E-state index in [1.807, 2.05) is 17.8 Å². The monoisotopic (exact) mass is 348 g/mol. The van der Waals surface area contributed by atoms with Gasteiger partial charge >= 0.3 is 0 Å². The lowest BCUT2D eigenvalue weighted by atomic mass is 9.91. The van der Waals surface area contributed by atoms with E-state index in [1.54, 1.807) is 0 Å². The van der Waals surface area contributed by atoms with Crippen LogP contribution in [0.25, 0.3) is 0 Å². The predicted molar refractivity (Wildman–Crippen MR) is 97.2 cm³/mol. The topological polar surface area (TPSA) is 59.4 Å². The Morgan fingerprint density at radius 3 is 2.80 bits per heavy atom. The van der Waals surface area contributed by atoms with Gasteiger partial charge in [0.1, 0.15) is 6.61 Å². The molecule has 0 radical (unpaired) electrons. The van der Waals surface area contributed by atoms with E-state index < -0.39 is 0 Å². The summed E-state index contributed by atoms with van der Waals surface area (Å²) in [5.41, 5.74) is 2.76. The van der Waals surface area contributed by atoms with E-state index in [2.05, 4.69) is 36.2 Å². The number of carbonyl (C=O) groups is 1. The summed E-state index contributed by atoms with van der Waals surface area (Å²) in [5, 5.41) is 7.67. The zero-order valence-electron chi connectivity index (χ0n) is 16.0. The van der Waals surface area contributed by atoms with Gasteiger partial charge in [0.25, 0.3) is 0 Å². The molecule has 1 N–H and O–H groups in total. The van der Waals surface area contributed by atoms with Gasteiger partial charge in [0.15, 0.2) is 0 Å². The lowest BCUT2D eigenvalue weighted by molar-refractivity contribution is -0.126. The number of carbonyl (C=O) groups excluding carboxylic acids is 1. The summed E-state index contributed by atoms with van der Waals surface area (Å²) in [7, 11) is 2.05. The Bertz CT molecular complexity index is 594. The van der Waals surface area contributed by atoms with E-state index in [1.165, 1.54) is 24.1 Å². The average Bonchev–Trinajstić information content (AvgIpc) is 3.22. The van der Waals surface area contributed by atoms with E-state index in [-0.39, 0.29) is 18.6 Å². The summed E-state index contributed by atoms with van der Waals surface area (Å²) in [4.78, 5) is 14.5. The van der Waals surface area contributed by atoms with E-state index in [4.69, 9.17) is 4.74 Å². The van der Waals surface area contributed by atoms with Gasteiger partial charge in [-0.05, 0) is 31.6 Å². The smallest absolute Gasteiger partial charge is 0.246 e. The first kappa shape index (κ1) is 18.4. The molecule has 2 atom stereocenters. The predicted octanol–water partition coefficient (Wildman–Crippen LogP) is 1.91. The van der Waals surface area contributed by atoms with Crippen LogP contribution in [0.1, 0.15) is 50.8 Å². The zero-order chi connectivity index (χ0) is 18.0. The van der Waals surface area contributed by atoms with Crippen LogP contribution in [0.15, 0.2) is 6.20 Å². The minimum atomic E-state index is -0.000558. The number of aryl methyl sites for hydroxylation is 1. The fourth-order valence-electron chi connectivity index (χ4n) is 4.05. The maximum Gasteiger partial charge on any atom is 0.246 e. The molecule has 6 heteroatoms. The van der Waals surface area contributed by atoms with Crippen LogP contribution in [0.5, 0.6) is 0 Å². The number of ether oxygens (including phenoxy) is 1. The number of hydrogen-bond acceptors (Lipinski definition) is 4. The Balaban J connectivity index is 1.63. The largest absolute Gasteiger partial charge is 0.372 e. The number of amides is 1. The normalized spacial score (nSPS) is 24.2. The van der Waals surface area contributed by atoms with Gasteiger partial charge in [-0.2, -0.15) is 5.10 Å². The van der Waals surface area contributed by atoms with Gasteiger partial charge in [-0.3, -0.25) is 14.4 Å². The minimum Gasteiger partial charge on any atom is -0.372 e. The summed E-state index contributed by atoms with van der Waals surface area (Å²) in [6, 6.07) is 0.203. The van der Waals surface area contributed by atoms with Crippen LogP contribution in [0, 0.1) is 11.8 Å². The van der Waals surface area contributed by atoms with Crippen molar-refractivity contribution in [3.8, 4) is 0 Å². The number of likely N-dealkylation sites (tertiary alicyclic amines) is 1. The Kier molecular flexibility index (Phi) is 5.79. The number of rotatable bonds is 8. The molecule has 140 valence electrons. The molecule has 2 heterocycles. The van der Waals surface area contributed by atoms with Crippen molar-refractivity contribution in [2.24, 2.45) is 18.9 Å². The molecular formula is C19H32N4O2. The van der Waals surface area contributed by atoms with Gasteiger partial charge in [0, 0.05) is 56.5 Å². The average molecular weight is 348 g/mol. The van der Waals surface area contributed by atoms with Crippen molar-refractivity contribution in [3.05, 3.63) is 17.5 Å². The highest BCUT2D eigenvalue weighted by atomic mass is 16.5. The van der Waals surface area contributed by atoms with Crippen LogP contribution in [0.4, 0.5) is 0 Å². The molecule has 6 nitrogen and oxygen atoms in total. The summed E-state index contributed by atoms with van der Waals surface area (Å²) >= 11 is 0. The molecule has 0 spiro atoms. The molecule has 1 aromatic rings. The van der Waals surface area contributed by atoms with Crippen LogP contribution < -0.4 is 5.32 Å². The molecule has 1 aliphatic carbocycles. The maximum atomic E-state index is 12.1. The fraction of sp³-hybridized carbons (Fsp3) is 0.789.